The van der Waals surface area contributed by atoms with Crippen LogP contribution in [0.1, 0.15) is 41.6 Å². The van der Waals surface area contributed by atoms with E-state index in [1.807, 2.05) is 12.1 Å². The van der Waals surface area contributed by atoms with Gasteiger partial charge < -0.3 is 5.11 Å². The summed E-state index contributed by atoms with van der Waals surface area (Å²) < 4.78 is 0. The number of rotatable bonds is 4. The summed E-state index contributed by atoms with van der Waals surface area (Å²) in [5.41, 5.74) is 1.61. The molecule has 1 fully saturated rings. The molecular weight excluding hydrogens is 260 g/mol. The lowest BCUT2D eigenvalue weighted by Crippen LogP contribution is -2.25. The Balaban J connectivity index is 2.00. The monoisotopic (exact) mass is 276 g/mol. The third-order valence-corrected chi connectivity index (χ3v) is 4.05. The molecule has 3 nitrogen and oxygen atoms in total. The molecule has 0 saturated heterocycles. The Bertz CT molecular complexity index is 485. The summed E-state index contributed by atoms with van der Waals surface area (Å²) in [6, 6.07) is 7.26. The van der Waals surface area contributed by atoms with Gasteiger partial charge in [-0.1, -0.05) is 36.5 Å². The van der Waals surface area contributed by atoms with E-state index < -0.39 is 5.97 Å². The van der Waals surface area contributed by atoms with E-state index in [0.717, 1.165) is 5.56 Å². The van der Waals surface area contributed by atoms with Crippen LogP contribution in [0.15, 0.2) is 24.3 Å². The van der Waals surface area contributed by atoms with E-state index >= 15 is 0 Å². The maximum Gasteiger partial charge on any atom is 0.306 e. The van der Waals surface area contributed by atoms with Crippen LogP contribution in [0.4, 0.5) is 0 Å². The Morgan fingerprint density at radius 2 is 1.58 bits per heavy atom. The summed E-state index contributed by atoms with van der Waals surface area (Å²) in [7, 11) is 0. The van der Waals surface area contributed by atoms with Gasteiger partial charge in [0.15, 0.2) is 5.78 Å². The minimum absolute atomic E-state index is 0.0334. The van der Waals surface area contributed by atoms with Crippen molar-refractivity contribution < 1.29 is 14.7 Å². The third kappa shape index (κ3) is 3.26. The van der Waals surface area contributed by atoms with E-state index in [4.69, 9.17) is 17.3 Å². The van der Waals surface area contributed by atoms with Gasteiger partial charge in [-0.2, -0.15) is 0 Å². The van der Waals surface area contributed by atoms with E-state index in [2.05, 4.69) is 0 Å². The predicted molar refractivity (Wildman–Crippen MR) is 76.6 cm³/mol. The number of aliphatic carboxylic acids is 1. The minimum atomic E-state index is -0.740. The number of ketones is 1. The third-order valence-electron chi connectivity index (χ3n) is 3.78. The Labute approximate surface area is 117 Å². The van der Waals surface area contributed by atoms with E-state index in [0.29, 0.717) is 31.2 Å². The highest BCUT2D eigenvalue weighted by molar-refractivity contribution is 7.79. The van der Waals surface area contributed by atoms with Crippen LogP contribution in [0.2, 0.25) is 0 Å². The van der Waals surface area contributed by atoms with E-state index in [-0.39, 0.29) is 17.6 Å². The largest absolute Gasteiger partial charge is 0.481 e. The summed E-state index contributed by atoms with van der Waals surface area (Å²) in [6.45, 7) is 0. The highest BCUT2D eigenvalue weighted by Crippen LogP contribution is 2.31. The van der Waals surface area contributed by atoms with Crippen molar-refractivity contribution in [2.24, 2.45) is 11.8 Å². The van der Waals surface area contributed by atoms with Crippen molar-refractivity contribution in [3.63, 3.8) is 0 Å². The predicted octanol–water partition coefficient (Wildman–Crippen LogP) is 3.11. The standard InChI is InChI=1S/C15H16O3S/c16-14(11-3-1-10(9-19)2-4-11)12-5-7-13(8-6-12)15(17)18/h1-4,9,12-13H,5-8H2,(H,17,18). The molecule has 1 aromatic carbocycles. The summed E-state index contributed by atoms with van der Waals surface area (Å²) in [5, 5.41) is 10.5. The topological polar surface area (TPSA) is 54.4 Å². The number of carboxylic acids is 1. The molecule has 0 bridgehead atoms. The fourth-order valence-corrected chi connectivity index (χ4v) is 2.72. The molecule has 1 aliphatic carbocycles. The van der Waals surface area contributed by atoms with Crippen molar-refractivity contribution in [3.05, 3.63) is 35.4 Å². The van der Waals surface area contributed by atoms with Crippen LogP contribution < -0.4 is 0 Å². The van der Waals surface area contributed by atoms with Gasteiger partial charge in [0.1, 0.15) is 0 Å². The molecule has 0 amide bonds. The van der Waals surface area contributed by atoms with Gasteiger partial charge in [0.25, 0.3) is 0 Å². The molecule has 0 radical (unpaired) electrons. The molecular formula is C15H16O3S. The zero-order chi connectivity index (χ0) is 13.8. The van der Waals surface area contributed by atoms with Crippen LogP contribution in [0.25, 0.3) is 0 Å². The molecule has 4 heteroatoms. The van der Waals surface area contributed by atoms with Crippen LogP contribution in [-0.4, -0.2) is 22.2 Å². The Hall–Kier alpha value is -1.55. The highest BCUT2D eigenvalue weighted by atomic mass is 32.1. The fraction of sp³-hybridized carbons (Fsp3) is 0.400. The number of carbonyl (C=O) groups is 2. The van der Waals surface area contributed by atoms with Crippen molar-refractivity contribution in [2.75, 3.05) is 0 Å². The van der Waals surface area contributed by atoms with Gasteiger partial charge in [0.2, 0.25) is 0 Å². The van der Waals surface area contributed by atoms with Crippen molar-refractivity contribution >= 4 is 29.3 Å². The van der Waals surface area contributed by atoms with E-state index in [9.17, 15) is 9.59 Å². The molecule has 0 atom stereocenters. The number of carbonyl (C=O) groups excluding carboxylic acids is 1. The lowest BCUT2D eigenvalue weighted by atomic mass is 9.78. The van der Waals surface area contributed by atoms with E-state index in [1.165, 1.54) is 0 Å². The summed E-state index contributed by atoms with van der Waals surface area (Å²) in [4.78, 5) is 23.2. The number of benzene rings is 1. The smallest absolute Gasteiger partial charge is 0.306 e. The van der Waals surface area contributed by atoms with Gasteiger partial charge in [-0.15, -0.1) is 0 Å². The van der Waals surface area contributed by atoms with Gasteiger partial charge in [0, 0.05) is 16.8 Å². The number of thiocarbonyl (C=S) groups is 1. The molecule has 0 aliphatic heterocycles. The van der Waals surface area contributed by atoms with Crippen LogP contribution in [-0.2, 0) is 4.79 Å². The van der Waals surface area contributed by atoms with Gasteiger partial charge in [0.05, 0.1) is 5.92 Å². The second-order valence-electron chi connectivity index (χ2n) is 4.99. The Morgan fingerprint density at radius 3 is 2.05 bits per heavy atom. The molecule has 0 aromatic heterocycles. The first-order valence-electron chi connectivity index (χ1n) is 6.44. The average Bonchev–Trinajstić information content (AvgIpc) is 2.46. The molecule has 1 aromatic rings. The van der Waals surface area contributed by atoms with E-state index in [1.54, 1.807) is 17.5 Å². The quantitative estimate of drug-likeness (QED) is 0.678. The molecule has 19 heavy (non-hydrogen) atoms. The maximum absolute atomic E-state index is 12.3. The molecule has 0 unspecified atom stereocenters. The van der Waals surface area contributed by atoms with Crippen molar-refractivity contribution in [2.45, 2.75) is 25.7 Å². The maximum atomic E-state index is 12.3. The lowest BCUT2D eigenvalue weighted by molar-refractivity contribution is -0.143. The normalized spacial score (nSPS) is 22.7. The van der Waals surface area contributed by atoms with Crippen LogP contribution in [0.3, 0.4) is 0 Å². The first-order chi connectivity index (χ1) is 9.11. The lowest BCUT2D eigenvalue weighted by Gasteiger charge is -2.25. The number of carboxylic acid groups (broad SMARTS) is 1. The zero-order valence-corrected chi connectivity index (χ0v) is 11.4. The highest BCUT2D eigenvalue weighted by Gasteiger charge is 2.30. The van der Waals surface area contributed by atoms with Gasteiger partial charge >= 0.3 is 5.97 Å². The second kappa shape index (κ2) is 6.06. The molecule has 1 saturated carbocycles. The van der Waals surface area contributed by atoms with Crippen molar-refractivity contribution in [1.29, 1.82) is 0 Å². The average molecular weight is 276 g/mol. The molecule has 1 N–H and O–H groups in total. The van der Waals surface area contributed by atoms with Gasteiger partial charge in [-0.3, -0.25) is 9.59 Å². The molecule has 0 heterocycles. The first-order valence-corrected chi connectivity index (χ1v) is 6.91. The van der Waals surface area contributed by atoms with Gasteiger partial charge in [-0.05, 0) is 31.2 Å². The molecule has 2 rings (SSSR count). The molecule has 1 aliphatic rings. The Morgan fingerprint density at radius 1 is 1.05 bits per heavy atom. The second-order valence-corrected chi connectivity index (χ2v) is 5.23. The van der Waals surface area contributed by atoms with Crippen LogP contribution >= 0.6 is 12.2 Å². The van der Waals surface area contributed by atoms with Crippen LogP contribution in [0, 0.1) is 11.8 Å². The zero-order valence-electron chi connectivity index (χ0n) is 10.5. The first kappa shape index (κ1) is 13.9. The minimum Gasteiger partial charge on any atom is -0.481 e. The van der Waals surface area contributed by atoms with Gasteiger partial charge in [-0.25, -0.2) is 0 Å². The molecule has 0 spiro atoms. The number of hydrogen-bond acceptors (Lipinski definition) is 3. The van der Waals surface area contributed by atoms with Crippen LogP contribution in [0.5, 0.6) is 0 Å². The SMILES string of the molecule is O=C(O)C1CCC(C(=O)c2ccc(C=S)cc2)CC1. The Kier molecular flexibility index (Phi) is 4.43. The number of Topliss-reactive ketones (excluding diaryl/α,β-unsaturated/α-hetero) is 1. The summed E-state index contributed by atoms with van der Waals surface area (Å²) in [5.74, 6) is -0.925. The van der Waals surface area contributed by atoms with Crippen molar-refractivity contribution in [1.82, 2.24) is 0 Å². The summed E-state index contributed by atoms with van der Waals surface area (Å²) >= 11 is 4.82. The van der Waals surface area contributed by atoms with Crippen molar-refractivity contribution in [3.8, 4) is 0 Å². The molecule has 100 valence electrons. The number of hydrogen-bond donors (Lipinski definition) is 1. The fourth-order valence-electron chi connectivity index (χ4n) is 2.56. The summed E-state index contributed by atoms with van der Waals surface area (Å²) in [6.07, 6.45) is 2.54.